The molecule has 0 aliphatic rings. The molecule has 4 nitrogen and oxygen atoms in total. The van der Waals surface area contributed by atoms with E-state index < -0.39 is 18.2 Å². The Bertz CT molecular complexity index is 121. The zero-order valence-corrected chi connectivity index (χ0v) is 8.19. The number of hydrogen-bond acceptors (Lipinski definition) is 4. The van der Waals surface area contributed by atoms with E-state index in [-0.39, 0.29) is 6.61 Å². The first-order valence-corrected chi connectivity index (χ1v) is 4.86. The zero-order valence-electron chi connectivity index (χ0n) is 8.19. The van der Waals surface area contributed by atoms with Gasteiger partial charge in [0.05, 0.1) is 24.9 Å². The SMILES string of the molecule is CCCCC[C@@H](O)[C@@H](O)[C@@H](N)CO. The highest BCUT2D eigenvalue weighted by molar-refractivity contribution is 4.77. The number of nitrogens with two attached hydrogens (primary N) is 1. The summed E-state index contributed by atoms with van der Waals surface area (Å²) < 4.78 is 0. The third-order valence-electron chi connectivity index (χ3n) is 2.15. The molecule has 0 radical (unpaired) electrons. The Hall–Kier alpha value is -0.160. The van der Waals surface area contributed by atoms with Gasteiger partial charge in [0.15, 0.2) is 0 Å². The number of unbranched alkanes of at least 4 members (excludes halogenated alkanes) is 2. The Morgan fingerprint density at radius 3 is 2.31 bits per heavy atom. The second-order valence-corrected chi connectivity index (χ2v) is 3.40. The average Bonchev–Trinajstić information content (AvgIpc) is 2.15. The molecular formula is C9H21NO3. The Balaban J connectivity index is 3.62. The van der Waals surface area contributed by atoms with Gasteiger partial charge in [0, 0.05) is 0 Å². The van der Waals surface area contributed by atoms with Crippen molar-refractivity contribution < 1.29 is 15.3 Å². The Labute approximate surface area is 79.4 Å². The maximum absolute atomic E-state index is 9.40. The first-order chi connectivity index (χ1) is 6.13. The fourth-order valence-electron chi connectivity index (χ4n) is 1.17. The molecule has 4 heteroatoms. The summed E-state index contributed by atoms with van der Waals surface area (Å²) in [5, 5.41) is 27.4. The highest BCUT2D eigenvalue weighted by Crippen LogP contribution is 2.08. The van der Waals surface area contributed by atoms with Crippen LogP contribution in [-0.4, -0.2) is 40.2 Å². The van der Waals surface area contributed by atoms with Crippen LogP contribution in [-0.2, 0) is 0 Å². The molecular weight excluding hydrogens is 170 g/mol. The number of aliphatic hydroxyl groups excluding tert-OH is 3. The lowest BCUT2D eigenvalue weighted by molar-refractivity contribution is -0.0121. The van der Waals surface area contributed by atoms with Crippen LogP contribution in [0.25, 0.3) is 0 Å². The van der Waals surface area contributed by atoms with Crippen LogP contribution in [0.1, 0.15) is 32.6 Å². The molecule has 5 N–H and O–H groups in total. The van der Waals surface area contributed by atoms with E-state index in [2.05, 4.69) is 6.92 Å². The largest absolute Gasteiger partial charge is 0.395 e. The van der Waals surface area contributed by atoms with Gasteiger partial charge < -0.3 is 21.1 Å². The van der Waals surface area contributed by atoms with Crippen molar-refractivity contribution in [3.05, 3.63) is 0 Å². The molecule has 0 aliphatic heterocycles. The Kier molecular flexibility index (Phi) is 7.17. The second-order valence-electron chi connectivity index (χ2n) is 3.40. The van der Waals surface area contributed by atoms with Crippen molar-refractivity contribution in [3.63, 3.8) is 0 Å². The maximum atomic E-state index is 9.40. The van der Waals surface area contributed by atoms with Crippen molar-refractivity contribution in [3.8, 4) is 0 Å². The summed E-state index contributed by atoms with van der Waals surface area (Å²) in [5.41, 5.74) is 5.36. The van der Waals surface area contributed by atoms with Gasteiger partial charge in [-0.2, -0.15) is 0 Å². The number of rotatable bonds is 7. The van der Waals surface area contributed by atoms with Crippen LogP contribution in [0.15, 0.2) is 0 Å². The summed E-state index contributed by atoms with van der Waals surface area (Å²) in [7, 11) is 0. The van der Waals surface area contributed by atoms with E-state index in [4.69, 9.17) is 10.8 Å². The smallest absolute Gasteiger partial charge is 0.0971 e. The van der Waals surface area contributed by atoms with Gasteiger partial charge >= 0.3 is 0 Å². The third-order valence-corrected chi connectivity index (χ3v) is 2.15. The van der Waals surface area contributed by atoms with Crippen LogP contribution in [0, 0.1) is 0 Å². The van der Waals surface area contributed by atoms with Crippen LogP contribution in [0.4, 0.5) is 0 Å². The molecule has 0 rings (SSSR count). The van der Waals surface area contributed by atoms with Gasteiger partial charge in [0.2, 0.25) is 0 Å². The minimum atomic E-state index is -1.01. The fourth-order valence-corrected chi connectivity index (χ4v) is 1.17. The van der Waals surface area contributed by atoms with Gasteiger partial charge in [-0.05, 0) is 6.42 Å². The molecule has 0 spiro atoms. The topological polar surface area (TPSA) is 86.7 Å². The molecule has 0 aromatic carbocycles. The van der Waals surface area contributed by atoms with Gasteiger partial charge in [-0.3, -0.25) is 0 Å². The normalized spacial score (nSPS) is 18.2. The molecule has 0 amide bonds. The van der Waals surface area contributed by atoms with Crippen LogP contribution >= 0.6 is 0 Å². The third kappa shape index (κ3) is 5.21. The first-order valence-electron chi connectivity index (χ1n) is 4.86. The average molecular weight is 191 g/mol. The van der Waals surface area contributed by atoms with Crippen LogP contribution in [0.3, 0.4) is 0 Å². The summed E-state index contributed by atoms with van der Waals surface area (Å²) in [6.07, 6.45) is 1.72. The van der Waals surface area contributed by atoms with E-state index >= 15 is 0 Å². The molecule has 0 saturated heterocycles. The van der Waals surface area contributed by atoms with Gasteiger partial charge in [-0.15, -0.1) is 0 Å². The summed E-state index contributed by atoms with van der Waals surface area (Å²) in [6, 6.07) is -0.739. The highest BCUT2D eigenvalue weighted by Gasteiger charge is 2.21. The molecule has 0 aromatic heterocycles. The standard InChI is InChI=1S/C9H21NO3/c1-2-3-4-5-8(12)9(13)7(10)6-11/h7-9,11-13H,2-6,10H2,1H3/t7-,8+,9-/m0/s1. The van der Waals surface area contributed by atoms with Crippen LogP contribution < -0.4 is 5.73 Å². The fraction of sp³-hybridized carbons (Fsp3) is 1.00. The van der Waals surface area contributed by atoms with Gasteiger partial charge in [-0.25, -0.2) is 0 Å². The van der Waals surface area contributed by atoms with Crippen molar-refractivity contribution >= 4 is 0 Å². The summed E-state index contributed by atoms with van der Waals surface area (Å²) in [6.45, 7) is 1.77. The molecule has 0 bridgehead atoms. The van der Waals surface area contributed by atoms with Crippen molar-refractivity contribution in [1.82, 2.24) is 0 Å². The van der Waals surface area contributed by atoms with Gasteiger partial charge in [0.25, 0.3) is 0 Å². The predicted molar refractivity (Wildman–Crippen MR) is 51.2 cm³/mol. The molecule has 0 aromatic rings. The summed E-state index contributed by atoms with van der Waals surface area (Å²) in [4.78, 5) is 0. The summed E-state index contributed by atoms with van der Waals surface area (Å²) >= 11 is 0. The van der Waals surface area contributed by atoms with E-state index in [9.17, 15) is 10.2 Å². The molecule has 0 heterocycles. The van der Waals surface area contributed by atoms with Crippen molar-refractivity contribution in [2.24, 2.45) is 5.73 Å². The van der Waals surface area contributed by atoms with Crippen LogP contribution in [0.2, 0.25) is 0 Å². The Morgan fingerprint density at radius 1 is 1.23 bits per heavy atom. The maximum Gasteiger partial charge on any atom is 0.0971 e. The van der Waals surface area contributed by atoms with E-state index in [0.717, 1.165) is 19.3 Å². The predicted octanol–water partition coefficient (Wildman–Crippen LogP) is -0.392. The minimum absolute atomic E-state index is 0.300. The van der Waals surface area contributed by atoms with E-state index in [1.54, 1.807) is 0 Å². The molecule has 0 unspecified atom stereocenters. The van der Waals surface area contributed by atoms with E-state index in [0.29, 0.717) is 6.42 Å². The molecule has 80 valence electrons. The van der Waals surface area contributed by atoms with Gasteiger partial charge in [0.1, 0.15) is 0 Å². The Morgan fingerprint density at radius 2 is 1.85 bits per heavy atom. The zero-order chi connectivity index (χ0) is 10.3. The lowest BCUT2D eigenvalue weighted by atomic mass is 10.0. The van der Waals surface area contributed by atoms with E-state index in [1.807, 2.05) is 0 Å². The molecule has 0 aliphatic carbocycles. The lowest BCUT2D eigenvalue weighted by Crippen LogP contribution is -2.45. The molecule has 0 saturated carbocycles. The molecule has 0 fully saturated rings. The van der Waals surface area contributed by atoms with Gasteiger partial charge in [-0.1, -0.05) is 26.2 Å². The first kappa shape index (κ1) is 12.8. The number of aliphatic hydroxyl groups is 3. The second kappa shape index (κ2) is 7.26. The van der Waals surface area contributed by atoms with Crippen molar-refractivity contribution in [1.29, 1.82) is 0 Å². The highest BCUT2D eigenvalue weighted by atomic mass is 16.3. The quantitative estimate of drug-likeness (QED) is 0.413. The molecule has 13 heavy (non-hydrogen) atoms. The van der Waals surface area contributed by atoms with Crippen LogP contribution in [0.5, 0.6) is 0 Å². The van der Waals surface area contributed by atoms with E-state index in [1.165, 1.54) is 0 Å². The van der Waals surface area contributed by atoms with Crippen molar-refractivity contribution in [2.75, 3.05) is 6.61 Å². The molecule has 3 atom stereocenters. The monoisotopic (exact) mass is 191 g/mol. The van der Waals surface area contributed by atoms with Crippen molar-refractivity contribution in [2.45, 2.75) is 50.9 Å². The number of hydrogen-bond donors (Lipinski definition) is 4. The lowest BCUT2D eigenvalue weighted by Gasteiger charge is -2.22. The summed E-state index contributed by atoms with van der Waals surface area (Å²) in [5.74, 6) is 0. The minimum Gasteiger partial charge on any atom is -0.395 e.